The van der Waals surface area contributed by atoms with Gasteiger partial charge < -0.3 is 30.1 Å². The van der Waals surface area contributed by atoms with E-state index in [-0.39, 0.29) is 17.9 Å². The Labute approximate surface area is 259 Å². The van der Waals surface area contributed by atoms with Crippen molar-refractivity contribution < 1.29 is 19.4 Å². The van der Waals surface area contributed by atoms with Gasteiger partial charge in [0.25, 0.3) is 0 Å². The summed E-state index contributed by atoms with van der Waals surface area (Å²) in [6.45, 7) is 9.33. The monoisotopic (exact) mass is 600 g/mol. The molecule has 3 aromatic rings. The molecule has 2 aliphatic heterocycles. The van der Waals surface area contributed by atoms with E-state index in [2.05, 4.69) is 26.7 Å². The summed E-state index contributed by atoms with van der Waals surface area (Å²) in [5, 5.41) is 10.2. The maximum Gasteiger partial charge on any atom is 0.410 e. The second-order valence-corrected chi connectivity index (χ2v) is 13.4. The second-order valence-electron chi connectivity index (χ2n) is 13.4. The van der Waals surface area contributed by atoms with Gasteiger partial charge in [-0.1, -0.05) is 24.0 Å². The first kappa shape index (κ1) is 30.2. The van der Waals surface area contributed by atoms with Gasteiger partial charge in [-0.25, -0.2) is 9.78 Å². The zero-order valence-corrected chi connectivity index (χ0v) is 26.0. The lowest BCUT2D eigenvalue weighted by atomic mass is 9.84. The number of phenols is 1. The number of para-hydroxylation sites is 1. The van der Waals surface area contributed by atoms with Crippen molar-refractivity contribution in [3.8, 4) is 28.8 Å². The number of carbonyl (C=O) groups excluding carboxylic acids is 1. The molecule has 2 aromatic heterocycles. The largest absolute Gasteiger partial charge is 0.507 e. The number of aromatic hydroxyl groups is 1. The molecule has 2 saturated heterocycles. The number of anilines is 1. The molecular weight excluding hydrogens is 556 g/mol. The zero-order chi connectivity index (χ0) is 30.8. The lowest BCUT2D eigenvalue weighted by molar-refractivity contribution is -0.106. The number of amides is 1. The normalized spacial score (nSPS) is 21.9. The number of benzene rings is 1. The van der Waals surface area contributed by atoms with Gasteiger partial charge in [0.15, 0.2) is 0 Å². The first-order valence-electron chi connectivity index (χ1n) is 15.9. The van der Waals surface area contributed by atoms with Crippen LogP contribution in [0.3, 0.4) is 0 Å². The average Bonchev–Trinajstić information content (AvgIpc) is 3.37. The van der Waals surface area contributed by atoms with Crippen molar-refractivity contribution in [3.05, 3.63) is 42.2 Å². The Bertz CT molecular complexity index is 1530. The molecule has 1 aromatic carbocycles. The maximum atomic E-state index is 12.3. The van der Waals surface area contributed by atoms with Crippen molar-refractivity contribution in [1.29, 1.82) is 0 Å². The van der Waals surface area contributed by atoms with Crippen molar-refractivity contribution in [1.82, 2.24) is 24.2 Å². The third-order valence-corrected chi connectivity index (χ3v) is 8.99. The summed E-state index contributed by atoms with van der Waals surface area (Å²) in [4.78, 5) is 25.7. The highest BCUT2D eigenvalue weighted by atomic mass is 16.6. The second kappa shape index (κ2) is 12.7. The molecule has 6 rings (SSSR count). The standard InChI is InChI=1S/C34H44N6O4/c1-34(2,3)44-33(42)39-17-13-26(14-18-39)43-27-19-25(20-27)38-15-11-23(12-16-38)7-6-8-24-21-40-22-29(36-32(40)37-31(24)35)28-9-4-5-10-30(28)41/h4-5,9-10,21-23,25-27,41H,7,11-20H2,1-3H3,(H2,35,36,37). The van der Waals surface area contributed by atoms with Crippen molar-refractivity contribution >= 4 is 17.7 Å². The minimum Gasteiger partial charge on any atom is -0.507 e. The lowest BCUT2D eigenvalue weighted by Crippen LogP contribution is -2.52. The Morgan fingerprint density at radius 3 is 2.45 bits per heavy atom. The number of rotatable bonds is 5. The van der Waals surface area contributed by atoms with E-state index >= 15 is 0 Å². The van der Waals surface area contributed by atoms with Gasteiger partial charge in [0.2, 0.25) is 5.78 Å². The Balaban J connectivity index is 0.921. The van der Waals surface area contributed by atoms with Gasteiger partial charge in [-0.3, -0.25) is 4.40 Å². The number of imidazole rings is 1. The van der Waals surface area contributed by atoms with Crippen LogP contribution in [0.15, 0.2) is 36.7 Å². The number of phenolic OH excluding ortho intramolecular Hbond substituents is 1. The highest BCUT2D eigenvalue weighted by molar-refractivity contribution is 5.69. The predicted octanol–water partition coefficient (Wildman–Crippen LogP) is 5.08. The van der Waals surface area contributed by atoms with Gasteiger partial charge in [-0.15, -0.1) is 0 Å². The van der Waals surface area contributed by atoms with Gasteiger partial charge >= 0.3 is 6.09 Å². The number of fused-ring (bicyclic) bond motifs is 1. The minimum absolute atomic E-state index is 0.175. The van der Waals surface area contributed by atoms with Gasteiger partial charge in [-0.2, -0.15) is 4.98 Å². The first-order valence-corrected chi connectivity index (χ1v) is 15.9. The molecule has 3 fully saturated rings. The molecule has 1 saturated carbocycles. The van der Waals surface area contributed by atoms with Crippen LogP contribution in [0, 0.1) is 17.8 Å². The highest BCUT2D eigenvalue weighted by Gasteiger charge is 2.38. The summed E-state index contributed by atoms with van der Waals surface area (Å²) < 4.78 is 13.7. The molecule has 0 bridgehead atoms. The fourth-order valence-electron chi connectivity index (χ4n) is 6.38. The molecule has 3 N–H and O–H groups in total. The summed E-state index contributed by atoms with van der Waals surface area (Å²) in [5.41, 5.74) is 7.72. The van der Waals surface area contributed by atoms with Gasteiger partial charge in [-0.05, 0) is 90.4 Å². The number of carbonyl (C=O) groups is 1. The lowest BCUT2D eigenvalue weighted by Gasteiger charge is -2.46. The Kier molecular flexibility index (Phi) is 8.70. The van der Waals surface area contributed by atoms with E-state index in [0.717, 1.165) is 58.0 Å². The molecule has 4 heterocycles. The maximum absolute atomic E-state index is 12.3. The Morgan fingerprint density at radius 2 is 1.75 bits per heavy atom. The molecule has 0 atom stereocenters. The van der Waals surface area contributed by atoms with E-state index in [9.17, 15) is 9.90 Å². The van der Waals surface area contributed by atoms with E-state index in [1.165, 1.54) is 0 Å². The van der Waals surface area contributed by atoms with E-state index in [1.807, 2.05) is 54.6 Å². The van der Waals surface area contributed by atoms with Crippen molar-refractivity contribution in [2.24, 2.45) is 5.92 Å². The van der Waals surface area contributed by atoms with Gasteiger partial charge in [0.1, 0.15) is 17.2 Å². The average molecular weight is 601 g/mol. The molecule has 3 aliphatic rings. The molecule has 10 nitrogen and oxygen atoms in total. The van der Waals surface area contributed by atoms with Gasteiger partial charge in [0, 0.05) is 43.5 Å². The smallest absolute Gasteiger partial charge is 0.410 e. The Morgan fingerprint density at radius 1 is 1.02 bits per heavy atom. The van der Waals surface area contributed by atoms with Crippen molar-refractivity contribution in [2.75, 3.05) is 31.9 Å². The number of nitrogen functional groups attached to an aromatic ring is 1. The number of aromatic nitrogens is 3. The van der Waals surface area contributed by atoms with Crippen molar-refractivity contribution in [3.63, 3.8) is 0 Å². The summed E-state index contributed by atoms with van der Waals surface area (Å²) in [7, 11) is 0. The van der Waals surface area contributed by atoms with Crippen LogP contribution in [-0.4, -0.2) is 85.4 Å². The van der Waals surface area contributed by atoms with Crippen LogP contribution in [0.5, 0.6) is 5.75 Å². The third-order valence-electron chi connectivity index (χ3n) is 8.99. The molecule has 234 valence electrons. The van der Waals surface area contributed by atoms with Crippen LogP contribution in [0.25, 0.3) is 17.0 Å². The highest BCUT2D eigenvalue weighted by Crippen LogP contribution is 2.34. The molecule has 0 unspecified atom stereocenters. The van der Waals surface area contributed by atoms with Crippen LogP contribution in [-0.2, 0) is 9.47 Å². The predicted molar refractivity (Wildman–Crippen MR) is 169 cm³/mol. The summed E-state index contributed by atoms with van der Waals surface area (Å²) in [5.74, 6) is 8.20. The third kappa shape index (κ3) is 7.11. The first-order chi connectivity index (χ1) is 21.1. The number of nitrogens with zero attached hydrogens (tertiary/aromatic N) is 5. The molecule has 1 aliphatic carbocycles. The number of likely N-dealkylation sites (tertiary alicyclic amines) is 2. The fraction of sp³-hybridized carbons (Fsp3) is 0.559. The number of hydrogen-bond acceptors (Lipinski definition) is 8. The molecule has 10 heteroatoms. The van der Waals surface area contributed by atoms with Crippen LogP contribution in [0.1, 0.15) is 71.3 Å². The Hall–Kier alpha value is -3.81. The minimum atomic E-state index is -0.461. The summed E-state index contributed by atoms with van der Waals surface area (Å²) in [6.07, 6.45) is 11.2. The SMILES string of the molecule is CC(C)(C)OC(=O)N1CCC(OC2CC(N3CCC(CC#Cc4cn5cc(-c6ccccc6O)nc5nc4N)CC3)C2)CC1. The van der Waals surface area contributed by atoms with Crippen LogP contribution in [0.2, 0.25) is 0 Å². The molecule has 0 radical (unpaired) electrons. The van der Waals surface area contributed by atoms with Gasteiger partial charge in [0.05, 0.1) is 23.5 Å². The number of hydrogen-bond donors (Lipinski definition) is 2. The number of piperidine rings is 2. The van der Waals surface area contributed by atoms with E-state index < -0.39 is 5.60 Å². The van der Waals surface area contributed by atoms with E-state index in [0.29, 0.717) is 59.6 Å². The summed E-state index contributed by atoms with van der Waals surface area (Å²) >= 11 is 0. The molecule has 0 spiro atoms. The van der Waals surface area contributed by atoms with E-state index in [4.69, 9.17) is 15.2 Å². The van der Waals surface area contributed by atoms with Crippen LogP contribution >= 0.6 is 0 Å². The molecule has 1 amide bonds. The number of nitrogens with two attached hydrogens (primary N) is 1. The number of ether oxygens (including phenoxy) is 2. The fourth-order valence-corrected chi connectivity index (χ4v) is 6.38. The topological polar surface area (TPSA) is 118 Å². The molecular formula is C34H44N6O4. The quantitative estimate of drug-likeness (QED) is 0.389. The van der Waals surface area contributed by atoms with Crippen LogP contribution in [0.4, 0.5) is 10.6 Å². The summed E-state index contributed by atoms with van der Waals surface area (Å²) in [6, 6.07) is 7.72. The molecule has 44 heavy (non-hydrogen) atoms. The zero-order valence-electron chi connectivity index (χ0n) is 26.0. The van der Waals surface area contributed by atoms with Crippen LogP contribution < -0.4 is 5.73 Å². The van der Waals surface area contributed by atoms with E-state index in [1.54, 1.807) is 12.1 Å². The van der Waals surface area contributed by atoms with Crippen molar-refractivity contribution in [2.45, 2.75) is 89.6 Å².